The molecule has 0 spiro atoms. The van der Waals surface area contributed by atoms with Gasteiger partial charge in [0.05, 0.1) is 11.3 Å². The molecule has 2 rings (SSSR count). The lowest BCUT2D eigenvalue weighted by atomic mass is 9.90. The molecule has 0 saturated heterocycles. The Morgan fingerprint density at radius 1 is 1.41 bits per heavy atom. The molecule has 1 atom stereocenters. The molecule has 1 unspecified atom stereocenters. The molecule has 22 heavy (non-hydrogen) atoms. The number of hydrogen-bond donors (Lipinski definition) is 2. The topological polar surface area (TPSA) is 64.9 Å². The first-order chi connectivity index (χ1) is 10.1. The summed E-state index contributed by atoms with van der Waals surface area (Å²) in [6.45, 7) is 1.35. The molecule has 5 nitrogen and oxygen atoms in total. The van der Waals surface area contributed by atoms with Gasteiger partial charge in [-0.3, -0.25) is 4.79 Å². The van der Waals surface area contributed by atoms with E-state index in [1.165, 1.54) is 26.1 Å². The van der Waals surface area contributed by atoms with Gasteiger partial charge in [-0.25, -0.2) is 5.01 Å². The fourth-order valence-corrected chi connectivity index (χ4v) is 2.84. The number of carbonyl (C=O) groups is 1. The third-order valence-corrected chi connectivity index (χ3v) is 4.24. The van der Waals surface area contributed by atoms with Gasteiger partial charge in [0.1, 0.15) is 0 Å². The molecule has 0 fully saturated rings. The van der Waals surface area contributed by atoms with Gasteiger partial charge in [0.25, 0.3) is 5.91 Å². The number of benzene rings is 1. The maximum absolute atomic E-state index is 13.1. The van der Waals surface area contributed by atoms with Crippen molar-refractivity contribution in [2.45, 2.75) is 23.5 Å². The predicted octanol–water partition coefficient (Wildman–Crippen LogP) is 2.34. The average molecular weight is 333 g/mol. The second-order valence-corrected chi connectivity index (χ2v) is 5.78. The van der Waals surface area contributed by atoms with Gasteiger partial charge in [-0.15, -0.1) is 11.8 Å². The molecule has 2 N–H and O–H groups in total. The molecule has 9 heteroatoms. The van der Waals surface area contributed by atoms with Crippen molar-refractivity contribution in [3.8, 4) is 0 Å². The number of likely N-dealkylation sites (N-methyl/N-ethyl adjacent to an activating group) is 1. The van der Waals surface area contributed by atoms with Crippen LogP contribution in [0.25, 0.3) is 0 Å². The molecule has 120 valence electrons. The van der Waals surface area contributed by atoms with Crippen LogP contribution in [-0.2, 0) is 11.0 Å². The van der Waals surface area contributed by atoms with E-state index in [1.54, 1.807) is 6.26 Å². The molecule has 1 aliphatic rings. The van der Waals surface area contributed by atoms with Crippen LogP contribution in [0.5, 0.6) is 0 Å². The maximum Gasteiger partial charge on any atom is 0.417 e. The van der Waals surface area contributed by atoms with Gasteiger partial charge < -0.3 is 5.21 Å². The Morgan fingerprint density at radius 2 is 2.05 bits per heavy atom. The Morgan fingerprint density at radius 3 is 2.55 bits per heavy atom. The number of thioether (sulfide) groups is 1. The van der Waals surface area contributed by atoms with Crippen molar-refractivity contribution in [3.05, 3.63) is 29.3 Å². The minimum Gasteiger partial charge on any atom is -0.315 e. The highest BCUT2D eigenvalue weighted by Crippen LogP contribution is 2.37. The summed E-state index contributed by atoms with van der Waals surface area (Å²) in [7, 11) is 1.37. The Hall–Kier alpha value is -1.58. The van der Waals surface area contributed by atoms with Gasteiger partial charge in [-0.1, -0.05) is 6.07 Å². The number of halogens is 3. The van der Waals surface area contributed by atoms with E-state index in [1.807, 2.05) is 5.48 Å². The summed E-state index contributed by atoms with van der Waals surface area (Å²) in [5.41, 5.74) is -0.395. The number of nitrogens with one attached hydrogen (secondary N) is 1. The van der Waals surface area contributed by atoms with E-state index in [9.17, 15) is 23.2 Å². The lowest BCUT2D eigenvalue weighted by Gasteiger charge is -2.22. The molecule has 1 amide bonds. The first kappa shape index (κ1) is 16.8. The SMILES string of the molecule is CSc1ccc(C2=NN(C)C(=O)C2(C)NO)cc1C(F)(F)F. The van der Waals surface area contributed by atoms with Crippen LogP contribution >= 0.6 is 11.8 Å². The molecule has 1 aromatic rings. The van der Waals surface area contributed by atoms with E-state index in [-0.39, 0.29) is 16.2 Å². The van der Waals surface area contributed by atoms with Crippen LogP contribution in [0.2, 0.25) is 0 Å². The number of nitrogens with zero attached hydrogens (tertiary/aromatic N) is 2. The minimum atomic E-state index is -4.52. The van der Waals surface area contributed by atoms with E-state index >= 15 is 0 Å². The molecule has 0 bridgehead atoms. The standard InChI is InChI=1S/C13H14F3N3O2S/c1-12(18-21)10(17-19(2)11(12)20)7-4-5-9(22-3)8(6-7)13(14,15)16/h4-6,18,21H,1-3H3. The normalized spacial score (nSPS) is 22.2. The third kappa shape index (κ3) is 2.59. The Kier molecular flexibility index (Phi) is 4.24. The van der Waals surface area contributed by atoms with Crippen molar-refractivity contribution in [1.29, 1.82) is 0 Å². The van der Waals surface area contributed by atoms with Crippen molar-refractivity contribution >= 4 is 23.4 Å². The number of rotatable bonds is 3. The monoisotopic (exact) mass is 333 g/mol. The Labute approximate surface area is 129 Å². The van der Waals surface area contributed by atoms with E-state index < -0.39 is 23.2 Å². The van der Waals surface area contributed by atoms with Crippen molar-refractivity contribution in [2.75, 3.05) is 13.3 Å². The van der Waals surface area contributed by atoms with Crippen LogP contribution in [0, 0.1) is 0 Å². The molecular weight excluding hydrogens is 319 g/mol. The fraction of sp³-hybridized carbons (Fsp3) is 0.385. The summed E-state index contributed by atoms with van der Waals surface area (Å²) in [6, 6.07) is 3.71. The van der Waals surface area contributed by atoms with Crippen LogP contribution in [0.3, 0.4) is 0 Å². The molecule has 0 aliphatic carbocycles. The van der Waals surface area contributed by atoms with Crippen LogP contribution in [-0.4, -0.2) is 40.7 Å². The number of hydroxylamine groups is 1. The molecule has 0 radical (unpaired) electrons. The minimum absolute atomic E-state index is 0.0284. The summed E-state index contributed by atoms with van der Waals surface area (Å²) in [5.74, 6) is -0.562. The number of carbonyl (C=O) groups excluding carboxylic acids is 1. The Bertz CT molecular complexity index is 648. The summed E-state index contributed by atoms with van der Waals surface area (Å²) < 4.78 is 39.4. The summed E-state index contributed by atoms with van der Waals surface area (Å²) in [6.07, 6.45) is -2.97. The smallest absolute Gasteiger partial charge is 0.315 e. The summed E-state index contributed by atoms with van der Waals surface area (Å²) in [4.78, 5) is 12.1. The van der Waals surface area contributed by atoms with E-state index in [0.717, 1.165) is 22.8 Å². The first-order valence-corrected chi connectivity index (χ1v) is 7.41. The zero-order valence-corrected chi connectivity index (χ0v) is 12.8. The number of alkyl halides is 3. The highest BCUT2D eigenvalue weighted by Gasteiger charge is 2.47. The number of hydrazone groups is 1. The molecule has 0 aromatic heterocycles. The zero-order chi connectivity index (χ0) is 16.7. The van der Waals surface area contributed by atoms with Gasteiger partial charge in [-0.2, -0.15) is 23.8 Å². The van der Waals surface area contributed by atoms with Crippen LogP contribution in [0.4, 0.5) is 13.2 Å². The van der Waals surface area contributed by atoms with Crippen molar-refractivity contribution in [2.24, 2.45) is 5.10 Å². The number of hydrogen-bond acceptors (Lipinski definition) is 5. The zero-order valence-electron chi connectivity index (χ0n) is 12.0. The van der Waals surface area contributed by atoms with Gasteiger partial charge in [0.15, 0.2) is 5.54 Å². The number of amides is 1. The second-order valence-electron chi connectivity index (χ2n) is 4.93. The lowest BCUT2D eigenvalue weighted by molar-refractivity contribution is -0.139. The second kappa shape index (κ2) is 5.56. The van der Waals surface area contributed by atoms with Gasteiger partial charge >= 0.3 is 6.18 Å². The van der Waals surface area contributed by atoms with E-state index in [2.05, 4.69) is 5.10 Å². The Balaban J connectivity index is 2.59. The molecular formula is C13H14F3N3O2S. The van der Waals surface area contributed by atoms with Crippen LogP contribution in [0.1, 0.15) is 18.1 Å². The van der Waals surface area contributed by atoms with Gasteiger partial charge in [0, 0.05) is 17.5 Å². The van der Waals surface area contributed by atoms with Crippen LogP contribution in [0.15, 0.2) is 28.2 Å². The molecule has 1 aliphatic heterocycles. The quantitative estimate of drug-likeness (QED) is 0.658. The summed E-state index contributed by atoms with van der Waals surface area (Å²) >= 11 is 0.978. The first-order valence-electron chi connectivity index (χ1n) is 6.19. The van der Waals surface area contributed by atoms with Crippen molar-refractivity contribution < 1.29 is 23.2 Å². The summed E-state index contributed by atoms with van der Waals surface area (Å²) in [5, 5.41) is 14.2. The van der Waals surface area contributed by atoms with Crippen molar-refractivity contribution in [1.82, 2.24) is 10.5 Å². The van der Waals surface area contributed by atoms with E-state index in [4.69, 9.17) is 0 Å². The predicted molar refractivity (Wildman–Crippen MR) is 75.9 cm³/mol. The third-order valence-electron chi connectivity index (χ3n) is 3.45. The van der Waals surface area contributed by atoms with Gasteiger partial charge in [0.2, 0.25) is 0 Å². The van der Waals surface area contributed by atoms with E-state index in [0.29, 0.717) is 0 Å². The highest BCUT2D eigenvalue weighted by atomic mass is 32.2. The fourth-order valence-electron chi connectivity index (χ4n) is 2.24. The van der Waals surface area contributed by atoms with Gasteiger partial charge in [-0.05, 0) is 25.3 Å². The van der Waals surface area contributed by atoms with Crippen molar-refractivity contribution in [3.63, 3.8) is 0 Å². The highest BCUT2D eigenvalue weighted by molar-refractivity contribution is 7.98. The molecule has 0 saturated carbocycles. The molecule has 1 aromatic carbocycles. The molecule has 1 heterocycles. The lowest BCUT2D eigenvalue weighted by Crippen LogP contribution is -2.53. The maximum atomic E-state index is 13.1. The largest absolute Gasteiger partial charge is 0.417 e. The van der Waals surface area contributed by atoms with Crippen LogP contribution < -0.4 is 5.48 Å². The average Bonchev–Trinajstić information content (AvgIpc) is 2.70.